The molecule has 7 heteroatoms. The third-order valence-corrected chi connectivity index (χ3v) is 4.60. The van der Waals surface area contributed by atoms with Crippen molar-refractivity contribution in [2.45, 2.75) is 6.54 Å². The van der Waals surface area contributed by atoms with E-state index >= 15 is 0 Å². The van der Waals surface area contributed by atoms with Gasteiger partial charge in [-0.1, -0.05) is 18.2 Å². The Bertz CT molecular complexity index is 855. The van der Waals surface area contributed by atoms with Crippen LogP contribution in [-0.4, -0.2) is 46.6 Å². The van der Waals surface area contributed by atoms with Crippen molar-refractivity contribution in [3.8, 4) is 0 Å². The molecule has 7 nitrogen and oxygen atoms in total. The fourth-order valence-electron chi connectivity index (χ4n) is 3.19. The smallest absolute Gasteiger partial charge is 0.244 e. The molecule has 138 valence electrons. The summed E-state index contributed by atoms with van der Waals surface area (Å²) in [7, 11) is 0. The Morgan fingerprint density at radius 2 is 1.52 bits per heavy atom. The number of para-hydroxylation sites is 1. The van der Waals surface area contributed by atoms with Crippen LogP contribution < -0.4 is 15.1 Å². The van der Waals surface area contributed by atoms with E-state index in [2.05, 4.69) is 49.4 Å². The molecular weight excluding hydrogens is 340 g/mol. The molecule has 1 aliphatic rings. The number of rotatable bonds is 5. The minimum atomic E-state index is -0.0981. The van der Waals surface area contributed by atoms with Crippen molar-refractivity contribution >= 4 is 23.2 Å². The Morgan fingerprint density at radius 1 is 0.889 bits per heavy atom. The Balaban J connectivity index is 1.31. The lowest BCUT2D eigenvalue weighted by molar-refractivity contribution is -0.116. The Kier molecular flexibility index (Phi) is 5.00. The maximum absolute atomic E-state index is 12.0. The first-order chi connectivity index (χ1) is 13.3. The summed E-state index contributed by atoms with van der Waals surface area (Å²) in [5.41, 5.74) is 1.86. The van der Waals surface area contributed by atoms with E-state index in [0.29, 0.717) is 11.6 Å². The van der Waals surface area contributed by atoms with Crippen LogP contribution in [0.3, 0.4) is 0 Å². The molecule has 0 atom stereocenters. The zero-order chi connectivity index (χ0) is 18.5. The molecule has 0 spiro atoms. The molecule has 1 fully saturated rings. The number of hydrogen-bond donors (Lipinski definition) is 1. The van der Waals surface area contributed by atoms with Crippen molar-refractivity contribution in [2.24, 2.45) is 0 Å². The number of hydrogen-bond acceptors (Lipinski definition) is 5. The molecule has 1 saturated heterocycles. The SMILES string of the molecule is O=C(Cn1cccc1)Nc1cnc(N2CCN(c3ccccc3)CC2)nc1. The van der Waals surface area contributed by atoms with Gasteiger partial charge in [0.05, 0.1) is 18.1 Å². The highest BCUT2D eigenvalue weighted by Crippen LogP contribution is 2.18. The van der Waals surface area contributed by atoms with E-state index < -0.39 is 0 Å². The van der Waals surface area contributed by atoms with E-state index in [4.69, 9.17) is 0 Å². The van der Waals surface area contributed by atoms with Gasteiger partial charge in [-0.05, 0) is 24.3 Å². The quantitative estimate of drug-likeness (QED) is 0.754. The monoisotopic (exact) mass is 362 g/mol. The van der Waals surface area contributed by atoms with Crippen LogP contribution in [0.2, 0.25) is 0 Å². The minimum Gasteiger partial charge on any atom is -0.368 e. The molecular formula is C20H22N6O. The lowest BCUT2D eigenvalue weighted by atomic mass is 10.2. The topological polar surface area (TPSA) is 66.3 Å². The number of nitrogens with zero attached hydrogens (tertiary/aromatic N) is 5. The fourth-order valence-corrected chi connectivity index (χ4v) is 3.19. The zero-order valence-electron chi connectivity index (χ0n) is 15.0. The summed E-state index contributed by atoms with van der Waals surface area (Å²) in [6, 6.07) is 14.2. The van der Waals surface area contributed by atoms with Gasteiger partial charge >= 0.3 is 0 Å². The second-order valence-corrected chi connectivity index (χ2v) is 6.48. The summed E-state index contributed by atoms with van der Waals surface area (Å²) in [5.74, 6) is 0.602. The van der Waals surface area contributed by atoms with Crippen molar-refractivity contribution in [3.63, 3.8) is 0 Å². The molecule has 1 aromatic carbocycles. The van der Waals surface area contributed by atoms with Crippen molar-refractivity contribution < 1.29 is 4.79 Å². The highest BCUT2D eigenvalue weighted by Gasteiger charge is 2.19. The Labute approximate surface area is 158 Å². The first-order valence-electron chi connectivity index (χ1n) is 9.05. The van der Waals surface area contributed by atoms with Crippen LogP contribution in [0, 0.1) is 0 Å². The van der Waals surface area contributed by atoms with Crippen LogP contribution in [0.5, 0.6) is 0 Å². The molecule has 0 radical (unpaired) electrons. The molecule has 1 amide bonds. The number of benzene rings is 1. The maximum atomic E-state index is 12.0. The van der Waals surface area contributed by atoms with Gasteiger partial charge in [0.2, 0.25) is 11.9 Å². The number of anilines is 3. The molecule has 0 saturated carbocycles. The van der Waals surface area contributed by atoms with Crippen LogP contribution >= 0.6 is 0 Å². The lowest BCUT2D eigenvalue weighted by Crippen LogP contribution is -2.47. The Morgan fingerprint density at radius 3 is 2.19 bits per heavy atom. The van der Waals surface area contributed by atoms with Crippen LogP contribution in [0.25, 0.3) is 0 Å². The van der Waals surface area contributed by atoms with Gasteiger partial charge in [0, 0.05) is 44.3 Å². The highest BCUT2D eigenvalue weighted by atomic mass is 16.1. The number of amides is 1. The van der Waals surface area contributed by atoms with Gasteiger partial charge in [-0.2, -0.15) is 0 Å². The summed E-state index contributed by atoms with van der Waals surface area (Å²) in [5, 5.41) is 2.83. The largest absolute Gasteiger partial charge is 0.368 e. The van der Waals surface area contributed by atoms with E-state index in [0.717, 1.165) is 26.2 Å². The van der Waals surface area contributed by atoms with Crippen molar-refractivity contribution in [1.29, 1.82) is 0 Å². The van der Waals surface area contributed by atoms with Crippen molar-refractivity contribution in [1.82, 2.24) is 14.5 Å². The third-order valence-electron chi connectivity index (χ3n) is 4.60. The number of piperazine rings is 1. The van der Waals surface area contributed by atoms with Crippen molar-refractivity contribution in [2.75, 3.05) is 41.3 Å². The van der Waals surface area contributed by atoms with Gasteiger partial charge < -0.3 is 19.7 Å². The molecule has 3 aromatic rings. The van der Waals surface area contributed by atoms with Gasteiger partial charge in [0.15, 0.2) is 0 Å². The van der Waals surface area contributed by atoms with Crippen LogP contribution in [0.15, 0.2) is 67.3 Å². The zero-order valence-corrected chi connectivity index (χ0v) is 15.0. The van der Waals surface area contributed by atoms with Gasteiger partial charge in [-0.15, -0.1) is 0 Å². The van der Waals surface area contributed by atoms with Crippen molar-refractivity contribution in [3.05, 3.63) is 67.3 Å². The summed E-state index contributed by atoms with van der Waals surface area (Å²) >= 11 is 0. The second kappa shape index (κ2) is 7.90. The molecule has 1 aliphatic heterocycles. The molecule has 27 heavy (non-hydrogen) atoms. The molecule has 3 heterocycles. The van der Waals surface area contributed by atoms with E-state index in [-0.39, 0.29) is 12.5 Å². The van der Waals surface area contributed by atoms with Gasteiger partial charge in [0.25, 0.3) is 0 Å². The number of carbonyl (C=O) groups is 1. The van der Waals surface area contributed by atoms with E-state index in [1.165, 1.54) is 5.69 Å². The maximum Gasteiger partial charge on any atom is 0.244 e. The average Bonchev–Trinajstić information content (AvgIpc) is 3.22. The fraction of sp³-hybridized carbons (Fsp3) is 0.250. The predicted molar refractivity (Wildman–Crippen MR) is 106 cm³/mol. The predicted octanol–water partition coefficient (Wildman–Crippen LogP) is 2.24. The molecule has 4 rings (SSSR count). The number of aromatic nitrogens is 3. The van der Waals surface area contributed by atoms with Gasteiger partial charge in [-0.25, -0.2) is 9.97 Å². The molecule has 2 aromatic heterocycles. The first-order valence-corrected chi connectivity index (χ1v) is 9.05. The van der Waals surface area contributed by atoms with E-state index in [9.17, 15) is 4.79 Å². The lowest BCUT2D eigenvalue weighted by Gasteiger charge is -2.36. The summed E-state index contributed by atoms with van der Waals surface area (Å²) < 4.78 is 1.82. The molecule has 0 unspecified atom stereocenters. The summed E-state index contributed by atoms with van der Waals surface area (Å²) in [6.07, 6.45) is 7.04. The second-order valence-electron chi connectivity index (χ2n) is 6.48. The summed E-state index contributed by atoms with van der Waals surface area (Å²) in [4.78, 5) is 25.4. The third kappa shape index (κ3) is 4.25. The van der Waals surface area contributed by atoms with Gasteiger partial charge in [-0.3, -0.25) is 4.79 Å². The Hall–Kier alpha value is -3.35. The molecule has 1 N–H and O–H groups in total. The first kappa shape index (κ1) is 17.1. The van der Waals surface area contributed by atoms with Crippen LogP contribution in [-0.2, 0) is 11.3 Å². The standard InChI is InChI=1S/C20H22N6O/c27-19(16-24-8-4-5-9-24)23-17-14-21-20(22-15-17)26-12-10-25(11-13-26)18-6-2-1-3-7-18/h1-9,14-15H,10-13,16H2,(H,23,27). The van der Waals surface area contributed by atoms with Crippen LogP contribution in [0.4, 0.5) is 17.3 Å². The van der Waals surface area contributed by atoms with Gasteiger partial charge in [0.1, 0.15) is 6.54 Å². The normalized spacial score (nSPS) is 14.2. The summed E-state index contributed by atoms with van der Waals surface area (Å²) in [6.45, 7) is 3.88. The molecule has 0 bridgehead atoms. The highest BCUT2D eigenvalue weighted by molar-refractivity contribution is 5.90. The van der Waals surface area contributed by atoms with Crippen LogP contribution in [0.1, 0.15) is 0 Å². The van der Waals surface area contributed by atoms with E-state index in [1.54, 1.807) is 12.4 Å². The number of carbonyl (C=O) groups excluding carboxylic acids is 1. The number of nitrogens with one attached hydrogen (secondary N) is 1. The average molecular weight is 362 g/mol. The molecule has 0 aliphatic carbocycles. The minimum absolute atomic E-state index is 0.0981. The van der Waals surface area contributed by atoms with E-state index in [1.807, 2.05) is 35.2 Å².